The molecule has 0 aliphatic heterocycles. The molecule has 0 bridgehead atoms. The zero-order chi connectivity index (χ0) is 13.7. The van der Waals surface area contributed by atoms with Crippen LogP contribution < -0.4 is 5.32 Å². The second kappa shape index (κ2) is 7.24. The smallest absolute Gasteiger partial charge is 0.229 e. The summed E-state index contributed by atoms with van der Waals surface area (Å²) >= 11 is 3.20. The average Bonchev–Trinajstić information content (AvgIpc) is 2.86. The Bertz CT molecular complexity index is 416. The minimum atomic E-state index is 0.121. The first-order chi connectivity index (χ1) is 9.19. The van der Waals surface area contributed by atoms with E-state index in [1.54, 1.807) is 11.8 Å². The first-order valence-corrected chi connectivity index (χ1v) is 8.69. The van der Waals surface area contributed by atoms with Crippen LogP contribution in [0.2, 0.25) is 0 Å². The van der Waals surface area contributed by atoms with E-state index < -0.39 is 0 Å². The van der Waals surface area contributed by atoms with Crippen LogP contribution in [0, 0.1) is 5.92 Å². The van der Waals surface area contributed by atoms with E-state index in [1.807, 2.05) is 0 Å². The molecular formula is C13H21N3OS2. The molecule has 0 radical (unpaired) electrons. The lowest BCUT2D eigenvalue weighted by Crippen LogP contribution is -2.24. The standard InChI is InChI=1S/C13H21N3OS2/c1-3-9(2)18-13-16-15-12(19-13)14-11(17)10-7-5-4-6-8-10/h9-10H,3-8H2,1-2H3,(H,14,15,17)/t9-/m1/s1. The van der Waals surface area contributed by atoms with Crippen molar-refractivity contribution in [2.24, 2.45) is 5.92 Å². The number of rotatable bonds is 5. The second-order valence-corrected chi connectivity index (χ2v) is 7.70. The molecule has 19 heavy (non-hydrogen) atoms. The van der Waals surface area contributed by atoms with E-state index in [0.717, 1.165) is 23.6 Å². The molecule has 1 heterocycles. The molecule has 1 aliphatic carbocycles. The van der Waals surface area contributed by atoms with E-state index in [0.29, 0.717) is 10.4 Å². The summed E-state index contributed by atoms with van der Waals surface area (Å²) in [7, 11) is 0. The molecule has 1 aliphatic rings. The largest absolute Gasteiger partial charge is 0.300 e. The van der Waals surface area contributed by atoms with Gasteiger partial charge in [-0.2, -0.15) is 0 Å². The summed E-state index contributed by atoms with van der Waals surface area (Å²) in [6.07, 6.45) is 6.73. The molecule has 4 nitrogen and oxygen atoms in total. The van der Waals surface area contributed by atoms with Gasteiger partial charge in [0.1, 0.15) is 0 Å². The number of carbonyl (C=O) groups is 1. The summed E-state index contributed by atoms with van der Waals surface area (Å²) in [6, 6.07) is 0. The Morgan fingerprint density at radius 1 is 1.42 bits per heavy atom. The Morgan fingerprint density at radius 2 is 2.16 bits per heavy atom. The summed E-state index contributed by atoms with van der Waals surface area (Å²) in [4.78, 5) is 12.1. The van der Waals surface area contributed by atoms with Crippen LogP contribution in [0.25, 0.3) is 0 Å². The molecule has 1 fully saturated rings. The van der Waals surface area contributed by atoms with Gasteiger partial charge in [-0.05, 0) is 19.3 Å². The maximum absolute atomic E-state index is 12.1. The maximum atomic E-state index is 12.1. The van der Waals surface area contributed by atoms with Gasteiger partial charge < -0.3 is 5.32 Å². The lowest BCUT2D eigenvalue weighted by molar-refractivity contribution is -0.120. The monoisotopic (exact) mass is 299 g/mol. The van der Waals surface area contributed by atoms with Crippen LogP contribution in [0.5, 0.6) is 0 Å². The average molecular weight is 299 g/mol. The van der Waals surface area contributed by atoms with Crippen LogP contribution >= 0.6 is 23.1 Å². The lowest BCUT2D eigenvalue weighted by Gasteiger charge is -2.19. The second-order valence-electron chi connectivity index (χ2n) is 5.03. The number of hydrogen-bond acceptors (Lipinski definition) is 5. The van der Waals surface area contributed by atoms with Gasteiger partial charge in [-0.1, -0.05) is 56.2 Å². The summed E-state index contributed by atoms with van der Waals surface area (Å²) in [5, 5.41) is 12.3. The molecule has 2 rings (SSSR count). The molecule has 0 aromatic carbocycles. The van der Waals surface area contributed by atoms with Gasteiger partial charge in [0.15, 0.2) is 4.34 Å². The topological polar surface area (TPSA) is 54.9 Å². The molecule has 6 heteroatoms. The third kappa shape index (κ3) is 4.45. The predicted octanol–water partition coefficient (Wildman–Crippen LogP) is 3.95. The van der Waals surface area contributed by atoms with E-state index in [4.69, 9.17) is 0 Å². The van der Waals surface area contributed by atoms with Crippen LogP contribution in [0.1, 0.15) is 52.4 Å². The first kappa shape index (κ1) is 14.8. The van der Waals surface area contributed by atoms with Gasteiger partial charge in [0, 0.05) is 11.2 Å². The number of carbonyl (C=O) groups excluding carboxylic acids is 1. The normalized spacial score (nSPS) is 18.2. The van der Waals surface area contributed by atoms with E-state index in [-0.39, 0.29) is 11.8 Å². The van der Waals surface area contributed by atoms with Gasteiger partial charge in [-0.25, -0.2) is 0 Å². The Balaban J connectivity index is 1.86. The number of nitrogens with one attached hydrogen (secondary N) is 1. The van der Waals surface area contributed by atoms with Crippen molar-refractivity contribution in [3.05, 3.63) is 0 Å². The highest BCUT2D eigenvalue weighted by Crippen LogP contribution is 2.31. The van der Waals surface area contributed by atoms with E-state index in [1.165, 1.54) is 30.6 Å². The predicted molar refractivity (Wildman–Crippen MR) is 80.7 cm³/mol. The highest BCUT2D eigenvalue weighted by Gasteiger charge is 2.22. The summed E-state index contributed by atoms with van der Waals surface area (Å²) < 4.78 is 0.938. The van der Waals surface area contributed by atoms with Gasteiger partial charge in [0.25, 0.3) is 0 Å². The fraction of sp³-hybridized carbons (Fsp3) is 0.769. The molecule has 1 N–H and O–H groups in total. The van der Waals surface area contributed by atoms with Gasteiger partial charge in [0.05, 0.1) is 0 Å². The van der Waals surface area contributed by atoms with Crippen molar-refractivity contribution in [1.82, 2.24) is 10.2 Å². The van der Waals surface area contributed by atoms with Crippen molar-refractivity contribution in [1.29, 1.82) is 0 Å². The van der Waals surface area contributed by atoms with Crippen LogP contribution in [0.4, 0.5) is 5.13 Å². The summed E-state index contributed by atoms with van der Waals surface area (Å²) in [5.74, 6) is 0.291. The van der Waals surface area contributed by atoms with Gasteiger partial charge in [-0.3, -0.25) is 4.79 Å². The molecule has 1 aromatic rings. The van der Waals surface area contributed by atoms with Crippen molar-refractivity contribution in [3.63, 3.8) is 0 Å². The van der Waals surface area contributed by atoms with E-state index >= 15 is 0 Å². The van der Waals surface area contributed by atoms with Crippen LogP contribution in [0.3, 0.4) is 0 Å². The SMILES string of the molecule is CC[C@@H](C)Sc1nnc(NC(=O)C2CCCCC2)s1. The number of amides is 1. The van der Waals surface area contributed by atoms with Crippen LogP contribution in [-0.4, -0.2) is 21.4 Å². The van der Waals surface area contributed by atoms with Gasteiger partial charge in [0.2, 0.25) is 11.0 Å². The molecule has 1 atom stereocenters. The highest BCUT2D eigenvalue weighted by molar-refractivity contribution is 8.01. The number of nitrogens with zero attached hydrogens (tertiary/aromatic N) is 2. The number of anilines is 1. The maximum Gasteiger partial charge on any atom is 0.229 e. The summed E-state index contributed by atoms with van der Waals surface area (Å²) in [6.45, 7) is 4.33. The molecular weight excluding hydrogens is 278 g/mol. The van der Waals surface area contributed by atoms with Crippen molar-refractivity contribution in [2.75, 3.05) is 5.32 Å². The molecule has 1 amide bonds. The molecule has 0 spiro atoms. The lowest BCUT2D eigenvalue weighted by atomic mass is 9.89. The Labute approximate surface area is 122 Å². The van der Waals surface area contributed by atoms with E-state index in [9.17, 15) is 4.79 Å². The van der Waals surface area contributed by atoms with Gasteiger partial charge >= 0.3 is 0 Å². The Hall–Kier alpha value is -0.620. The minimum Gasteiger partial charge on any atom is -0.300 e. The first-order valence-electron chi connectivity index (χ1n) is 7.00. The zero-order valence-corrected chi connectivity index (χ0v) is 13.1. The third-order valence-corrected chi connectivity index (χ3v) is 5.68. The summed E-state index contributed by atoms with van der Waals surface area (Å²) in [5.41, 5.74) is 0. The zero-order valence-electron chi connectivity index (χ0n) is 11.5. The van der Waals surface area contributed by atoms with Crippen molar-refractivity contribution in [2.45, 2.75) is 62.0 Å². The Morgan fingerprint density at radius 3 is 2.84 bits per heavy atom. The molecule has 1 aromatic heterocycles. The highest BCUT2D eigenvalue weighted by atomic mass is 32.2. The van der Waals surface area contributed by atoms with Crippen molar-refractivity contribution >= 4 is 34.1 Å². The quantitative estimate of drug-likeness (QED) is 0.661. The Kier molecular flexibility index (Phi) is 5.63. The van der Waals surface area contributed by atoms with E-state index in [2.05, 4.69) is 29.4 Å². The van der Waals surface area contributed by atoms with Crippen LogP contribution in [-0.2, 0) is 4.79 Å². The third-order valence-electron chi connectivity index (χ3n) is 3.49. The molecule has 1 saturated carbocycles. The molecule has 0 unspecified atom stereocenters. The minimum absolute atomic E-state index is 0.121. The number of thioether (sulfide) groups is 1. The molecule has 106 valence electrons. The number of aromatic nitrogens is 2. The fourth-order valence-corrected chi connectivity index (χ4v) is 4.14. The van der Waals surface area contributed by atoms with Crippen molar-refractivity contribution < 1.29 is 4.79 Å². The van der Waals surface area contributed by atoms with Gasteiger partial charge in [-0.15, -0.1) is 10.2 Å². The van der Waals surface area contributed by atoms with Crippen molar-refractivity contribution in [3.8, 4) is 0 Å². The van der Waals surface area contributed by atoms with Crippen LogP contribution in [0.15, 0.2) is 4.34 Å². The number of hydrogen-bond donors (Lipinski definition) is 1. The molecule has 0 saturated heterocycles. The fourth-order valence-electron chi connectivity index (χ4n) is 2.14.